The van der Waals surface area contributed by atoms with Gasteiger partial charge in [-0.2, -0.15) is 4.31 Å². The fourth-order valence-electron chi connectivity index (χ4n) is 2.88. The molecule has 118 valence electrons. The van der Waals surface area contributed by atoms with Crippen LogP contribution in [0.4, 0.5) is 4.39 Å². The maximum atomic E-state index is 14.0. The molecule has 2 N–H and O–H groups in total. The van der Waals surface area contributed by atoms with Crippen molar-refractivity contribution in [2.24, 2.45) is 0 Å². The summed E-state index contributed by atoms with van der Waals surface area (Å²) in [7, 11) is -4.08. The molecule has 1 fully saturated rings. The van der Waals surface area contributed by atoms with Gasteiger partial charge in [0.25, 0.3) is 0 Å². The second-order valence-electron chi connectivity index (χ2n) is 5.28. The molecule has 0 spiro atoms. The van der Waals surface area contributed by atoms with E-state index in [-0.39, 0.29) is 23.2 Å². The predicted octanol–water partition coefficient (Wildman–Crippen LogP) is 1.93. The van der Waals surface area contributed by atoms with Crippen LogP contribution in [-0.4, -0.2) is 41.4 Å². The number of benzene rings is 1. The number of hydrogen-bond donors (Lipinski definition) is 2. The number of nitrogens with zero attached hydrogens (tertiary/aromatic N) is 1. The maximum Gasteiger partial charge on any atom is 0.322 e. The van der Waals surface area contributed by atoms with Crippen molar-refractivity contribution in [2.45, 2.75) is 30.2 Å². The van der Waals surface area contributed by atoms with Crippen LogP contribution in [-0.2, 0) is 14.8 Å². The first kappa shape index (κ1) is 15.0. The van der Waals surface area contributed by atoms with Crippen molar-refractivity contribution in [3.63, 3.8) is 0 Å². The fraction of sp³-hybridized carbons (Fsp3) is 0.357. The first-order chi connectivity index (χ1) is 10.4. The van der Waals surface area contributed by atoms with Gasteiger partial charge >= 0.3 is 5.97 Å². The van der Waals surface area contributed by atoms with Crippen molar-refractivity contribution in [2.75, 3.05) is 6.54 Å². The van der Waals surface area contributed by atoms with Crippen LogP contribution in [0.2, 0.25) is 0 Å². The van der Waals surface area contributed by atoms with Gasteiger partial charge in [0.1, 0.15) is 16.8 Å². The summed E-state index contributed by atoms with van der Waals surface area (Å²) in [5.74, 6) is -1.83. The highest BCUT2D eigenvalue weighted by Crippen LogP contribution is 2.31. The number of rotatable bonds is 3. The van der Waals surface area contributed by atoms with E-state index in [0.717, 1.165) is 4.31 Å². The average molecular weight is 326 g/mol. The van der Waals surface area contributed by atoms with E-state index in [4.69, 9.17) is 0 Å². The summed E-state index contributed by atoms with van der Waals surface area (Å²) in [6.07, 6.45) is 2.73. The van der Waals surface area contributed by atoms with Gasteiger partial charge in [0.2, 0.25) is 10.0 Å². The smallest absolute Gasteiger partial charge is 0.322 e. The van der Waals surface area contributed by atoms with Crippen molar-refractivity contribution < 1.29 is 22.7 Å². The number of sulfonamides is 1. The monoisotopic (exact) mass is 326 g/mol. The van der Waals surface area contributed by atoms with Gasteiger partial charge < -0.3 is 10.1 Å². The third-order valence-corrected chi connectivity index (χ3v) is 5.88. The standard InChI is InChI=1S/C14H15FN2O4S/c15-9-4-3-5-10-13(9)12(8-16-10)22(20,21)17-7-2-1-6-11(17)14(18)19/h3-5,8,11,16H,1-2,6-7H2,(H,18,19). The number of carboxylic acids is 1. The van der Waals surface area contributed by atoms with Gasteiger partial charge in [0.15, 0.2) is 0 Å². The Balaban J connectivity index is 2.13. The van der Waals surface area contributed by atoms with Crippen LogP contribution in [0.25, 0.3) is 10.9 Å². The zero-order valence-corrected chi connectivity index (χ0v) is 12.4. The van der Waals surface area contributed by atoms with E-state index < -0.39 is 27.9 Å². The number of carbonyl (C=O) groups is 1. The number of piperidine rings is 1. The molecule has 1 saturated heterocycles. The Morgan fingerprint density at radius 1 is 1.36 bits per heavy atom. The number of hydrogen-bond acceptors (Lipinski definition) is 3. The third kappa shape index (κ3) is 2.28. The number of aromatic nitrogens is 1. The van der Waals surface area contributed by atoms with Gasteiger partial charge in [-0.1, -0.05) is 6.07 Å². The molecule has 0 amide bonds. The molecule has 1 aliphatic heterocycles. The number of aromatic amines is 1. The molecule has 2 heterocycles. The van der Waals surface area contributed by atoms with Crippen molar-refractivity contribution in [3.8, 4) is 0 Å². The van der Waals surface area contributed by atoms with E-state index in [1.165, 1.54) is 18.3 Å². The summed E-state index contributed by atoms with van der Waals surface area (Å²) in [5.41, 5.74) is 0.363. The first-order valence-corrected chi connectivity index (χ1v) is 8.37. The lowest BCUT2D eigenvalue weighted by Crippen LogP contribution is -2.47. The fourth-order valence-corrected chi connectivity index (χ4v) is 4.71. The molecule has 1 unspecified atom stereocenters. The number of nitrogens with one attached hydrogen (secondary N) is 1. The van der Waals surface area contributed by atoms with Crippen LogP contribution < -0.4 is 0 Å². The molecule has 1 aromatic heterocycles. The molecule has 8 heteroatoms. The van der Waals surface area contributed by atoms with Crippen LogP contribution in [0.1, 0.15) is 19.3 Å². The molecular formula is C14H15FN2O4S. The second kappa shape index (κ2) is 5.36. The summed E-state index contributed by atoms with van der Waals surface area (Å²) >= 11 is 0. The minimum atomic E-state index is -4.08. The Bertz CT molecular complexity index is 830. The van der Waals surface area contributed by atoms with Crippen molar-refractivity contribution in [1.82, 2.24) is 9.29 Å². The van der Waals surface area contributed by atoms with E-state index >= 15 is 0 Å². The second-order valence-corrected chi connectivity index (χ2v) is 7.14. The average Bonchev–Trinajstić information content (AvgIpc) is 2.93. The number of halogens is 1. The lowest BCUT2D eigenvalue weighted by molar-refractivity contribution is -0.142. The molecule has 1 atom stereocenters. The molecule has 0 aliphatic carbocycles. The molecular weight excluding hydrogens is 311 g/mol. The van der Waals surface area contributed by atoms with Gasteiger partial charge in [-0.3, -0.25) is 4.79 Å². The Morgan fingerprint density at radius 3 is 2.86 bits per heavy atom. The maximum absolute atomic E-state index is 14.0. The highest BCUT2D eigenvalue weighted by atomic mass is 32.2. The molecule has 0 saturated carbocycles. The number of fused-ring (bicyclic) bond motifs is 1. The topological polar surface area (TPSA) is 90.5 Å². The summed E-state index contributed by atoms with van der Waals surface area (Å²) in [6, 6.07) is 3.13. The number of H-pyrrole nitrogens is 1. The lowest BCUT2D eigenvalue weighted by Gasteiger charge is -2.31. The van der Waals surface area contributed by atoms with Crippen molar-refractivity contribution in [1.29, 1.82) is 0 Å². The Labute approximate surface area is 126 Å². The van der Waals surface area contributed by atoms with Gasteiger partial charge in [-0.25, -0.2) is 12.8 Å². The minimum Gasteiger partial charge on any atom is -0.480 e. The third-order valence-electron chi connectivity index (χ3n) is 3.94. The van der Waals surface area contributed by atoms with E-state index in [0.29, 0.717) is 18.4 Å². The van der Waals surface area contributed by atoms with E-state index in [1.807, 2.05) is 0 Å². The van der Waals surface area contributed by atoms with Gasteiger partial charge in [0, 0.05) is 18.3 Å². The van der Waals surface area contributed by atoms with Crippen LogP contribution in [0.5, 0.6) is 0 Å². The first-order valence-electron chi connectivity index (χ1n) is 6.93. The molecule has 2 aromatic rings. The molecule has 0 radical (unpaired) electrons. The van der Waals surface area contributed by atoms with Gasteiger partial charge in [-0.05, 0) is 31.4 Å². The molecule has 3 rings (SSSR count). The largest absolute Gasteiger partial charge is 0.480 e. The van der Waals surface area contributed by atoms with E-state index in [2.05, 4.69) is 4.98 Å². The van der Waals surface area contributed by atoms with Crippen LogP contribution in [0.15, 0.2) is 29.3 Å². The zero-order valence-electron chi connectivity index (χ0n) is 11.6. The summed E-state index contributed by atoms with van der Waals surface area (Å²) in [4.78, 5) is 13.8. The minimum absolute atomic E-state index is 0.0304. The predicted molar refractivity (Wildman–Crippen MR) is 77.4 cm³/mol. The highest BCUT2D eigenvalue weighted by Gasteiger charge is 2.39. The molecule has 22 heavy (non-hydrogen) atoms. The molecule has 1 aromatic carbocycles. The normalized spacial score (nSPS) is 20.3. The molecule has 1 aliphatic rings. The van der Waals surface area contributed by atoms with Crippen molar-refractivity contribution >= 4 is 26.9 Å². The quantitative estimate of drug-likeness (QED) is 0.902. The molecule has 0 bridgehead atoms. The Kier molecular flexibility index (Phi) is 3.65. The number of carboxylic acid groups (broad SMARTS) is 1. The summed E-state index contributed by atoms with van der Waals surface area (Å²) < 4.78 is 40.6. The number of aliphatic carboxylic acids is 1. The van der Waals surface area contributed by atoms with Crippen LogP contribution >= 0.6 is 0 Å². The lowest BCUT2D eigenvalue weighted by atomic mass is 10.1. The van der Waals surface area contributed by atoms with Gasteiger partial charge in [0.05, 0.1) is 5.39 Å². The van der Waals surface area contributed by atoms with Crippen LogP contribution in [0, 0.1) is 5.82 Å². The Morgan fingerprint density at radius 2 is 2.14 bits per heavy atom. The van der Waals surface area contributed by atoms with Gasteiger partial charge in [-0.15, -0.1) is 0 Å². The summed E-state index contributed by atoms with van der Waals surface area (Å²) in [6.45, 7) is 0.125. The summed E-state index contributed by atoms with van der Waals surface area (Å²) in [5, 5.41) is 9.22. The SMILES string of the molecule is O=C(O)C1CCCCN1S(=O)(=O)c1c[nH]c2cccc(F)c12. The van der Waals surface area contributed by atoms with Crippen LogP contribution in [0.3, 0.4) is 0 Å². The van der Waals surface area contributed by atoms with Crippen molar-refractivity contribution in [3.05, 3.63) is 30.2 Å². The zero-order chi connectivity index (χ0) is 15.9. The van der Waals surface area contributed by atoms with E-state index in [1.54, 1.807) is 6.07 Å². The highest BCUT2D eigenvalue weighted by molar-refractivity contribution is 7.89. The Hall–Kier alpha value is -1.93. The molecule has 6 nitrogen and oxygen atoms in total. The van der Waals surface area contributed by atoms with E-state index in [9.17, 15) is 22.7 Å².